The molecule has 7 heteroatoms. The number of halogens is 1. The number of esters is 1. The van der Waals surface area contributed by atoms with Gasteiger partial charge >= 0.3 is 5.97 Å². The SMILES string of the molecule is Cc1cc(-c2ccccc2)c2c(C)c1N(CC(=O)OC(C)(C)C)c1ccc(cc1F)-c1noc-2n1. The second kappa shape index (κ2) is 8.34. The van der Waals surface area contributed by atoms with Crippen molar-refractivity contribution in [2.45, 2.75) is 40.2 Å². The van der Waals surface area contributed by atoms with Gasteiger partial charge in [0.05, 0.1) is 11.3 Å². The maximum Gasteiger partial charge on any atom is 0.326 e. The largest absolute Gasteiger partial charge is 0.459 e. The second-order valence-corrected chi connectivity index (χ2v) is 9.72. The van der Waals surface area contributed by atoms with Crippen molar-refractivity contribution in [3.05, 3.63) is 71.5 Å². The van der Waals surface area contributed by atoms with E-state index in [1.165, 1.54) is 6.07 Å². The van der Waals surface area contributed by atoms with E-state index in [4.69, 9.17) is 9.26 Å². The van der Waals surface area contributed by atoms with Gasteiger partial charge in [0.1, 0.15) is 18.0 Å². The number of benzene rings is 3. The first-order chi connectivity index (χ1) is 16.6. The zero-order valence-corrected chi connectivity index (χ0v) is 20.3. The smallest absolute Gasteiger partial charge is 0.326 e. The van der Waals surface area contributed by atoms with Gasteiger partial charge in [-0.1, -0.05) is 35.5 Å². The molecule has 6 bridgehead atoms. The quantitative estimate of drug-likeness (QED) is 0.313. The van der Waals surface area contributed by atoms with Crippen LogP contribution in [0.3, 0.4) is 0 Å². The molecule has 0 spiro atoms. The average Bonchev–Trinajstić information content (AvgIpc) is 3.26. The van der Waals surface area contributed by atoms with Crippen LogP contribution in [0.5, 0.6) is 0 Å². The fraction of sp³-hybridized carbons (Fsp3) is 0.250. The minimum absolute atomic E-state index is 0.159. The number of aryl methyl sites for hydroxylation is 1. The number of aromatic nitrogens is 2. The van der Waals surface area contributed by atoms with Crippen LogP contribution in [0, 0.1) is 19.7 Å². The number of anilines is 2. The first-order valence-corrected chi connectivity index (χ1v) is 11.5. The van der Waals surface area contributed by atoms with E-state index in [0.717, 1.165) is 27.8 Å². The van der Waals surface area contributed by atoms with Gasteiger partial charge in [-0.3, -0.25) is 4.79 Å². The van der Waals surface area contributed by atoms with Gasteiger partial charge in [0.25, 0.3) is 5.89 Å². The lowest BCUT2D eigenvalue weighted by Gasteiger charge is -2.30. The van der Waals surface area contributed by atoms with Crippen LogP contribution in [0.1, 0.15) is 31.9 Å². The van der Waals surface area contributed by atoms with Crippen molar-refractivity contribution in [3.8, 4) is 34.0 Å². The van der Waals surface area contributed by atoms with Crippen LogP contribution in [0.2, 0.25) is 0 Å². The van der Waals surface area contributed by atoms with Gasteiger partial charge in [-0.05, 0) is 81.1 Å². The Morgan fingerprint density at radius 1 is 1.06 bits per heavy atom. The summed E-state index contributed by atoms with van der Waals surface area (Å²) in [5, 5.41) is 4.12. The van der Waals surface area contributed by atoms with Crippen LogP contribution in [-0.4, -0.2) is 28.3 Å². The van der Waals surface area contributed by atoms with Gasteiger partial charge in [-0.15, -0.1) is 0 Å². The number of carbonyl (C=O) groups excluding carboxylic acids is 1. The zero-order valence-electron chi connectivity index (χ0n) is 20.3. The first-order valence-electron chi connectivity index (χ1n) is 11.5. The molecule has 0 fully saturated rings. The lowest BCUT2D eigenvalue weighted by atomic mass is 9.91. The lowest BCUT2D eigenvalue weighted by molar-refractivity contribution is -0.152. The summed E-state index contributed by atoms with van der Waals surface area (Å²) in [7, 11) is 0. The number of nitrogens with zero attached hydrogens (tertiary/aromatic N) is 3. The maximum absolute atomic E-state index is 15.5. The summed E-state index contributed by atoms with van der Waals surface area (Å²) in [4.78, 5) is 19.2. The van der Waals surface area contributed by atoms with Gasteiger partial charge in [0.2, 0.25) is 5.82 Å². The van der Waals surface area contributed by atoms with Crippen molar-refractivity contribution in [1.29, 1.82) is 0 Å². The van der Waals surface area contributed by atoms with Gasteiger partial charge in [-0.25, -0.2) is 4.39 Å². The molecule has 2 aliphatic rings. The minimum Gasteiger partial charge on any atom is -0.459 e. The molecule has 6 rings (SSSR count). The molecule has 0 saturated heterocycles. The maximum atomic E-state index is 15.5. The molecular formula is C28H26FN3O3. The molecule has 178 valence electrons. The van der Waals surface area contributed by atoms with Gasteiger partial charge in [0.15, 0.2) is 0 Å². The Kier molecular flexibility index (Phi) is 5.43. The lowest BCUT2D eigenvalue weighted by Crippen LogP contribution is -2.33. The molecular weight excluding hydrogens is 445 g/mol. The molecule has 3 heterocycles. The van der Waals surface area contributed by atoms with E-state index in [1.54, 1.807) is 17.0 Å². The molecule has 35 heavy (non-hydrogen) atoms. The summed E-state index contributed by atoms with van der Waals surface area (Å²) in [5.74, 6) is -0.318. The fourth-order valence-electron chi connectivity index (χ4n) is 4.60. The summed E-state index contributed by atoms with van der Waals surface area (Å²) in [5.41, 5.74) is 5.10. The summed E-state index contributed by atoms with van der Waals surface area (Å²) >= 11 is 0. The third-order valence-electron chi connectivity index (χ3n) is 5.93. The van der Waals surface area contributed by atoms with Crippen molar-refractivity contribution in [1.82, 2.24) is 10.1 Å². The van der Waals surface area contributed by atoms with E-state index in [2.05, 4.69) is 10.1 Å². The summed E-state index contributed by atoms with van der Waals surface area (Å²) in [6.45, 7) is 9.15. The molecule has 0 saturated carbocycles. The summed E-state index contributed by atoms with van der Waals surface area (Å²) in [6.07, 6.45) is 0. The highest BCUT2D eigenvalue weighted by Gasteiger charge is 2.29. The Morgan fingerprint density at radius 3 is 2.49 bits per heavy atom. The normalized spacial score (nSPS) is 12.5. The third-order valence-corrected chi connectivity index (χ3v) is 5.93. The van der Waals surface area contributed by atoms with E-state index in [1.807, 2.05) is 71.0 Å². The molecule has 6 nitrogen and oxygen atoms in total. The number of ether oxygens (including phenoxy) is 1. The predicted molar refractivity (Wildman–Crippen MR) is 133 cm³/mol. The van der Waals surface area contributed by atoms with E-state index >= 15 is 4.39 Å². The average molecular weight is 472 g/mol. The van der Waals surface area contributed by atoms with E-state index < -0.39 is 17.4 Å². The van der Waals surface area contributed by atoms with Crippen molar-refractivity contribution < 1.29 is 18.4 Å². The first kappa shape index (κ1) is 22.8. The van der Waals surface area contributed by atoms with Crippen LogP contribution < -0.4 is 4.90 Å². The Balaban J connectivity index is 1.80. The number of fused-ring (bicyclic) bond motifs is 2. The minimum atomic E-state index is -0.666. The zero-order chi connectivity index (χ0) is 24.9. The molecule has 0 atom stereocenters. The highest BCUT2D eigenvalue weighted by Crippen LogP contribution is 2.44. The van der Waals surface area contributed by atoms with Crippen molar-refractivity contribution in [3.63, 3.8) is 0 Å². The third kappa shape index (κ3) is 4.18. The Morgan fingerprint density at radius 2 is 1.80 bits per heavy atom. The number of hydrogen-bond acceptors (Lipinski definition) is 6. The molecule has 0 N–H and O–H groups in total. The number of carbonyl (C=O) groups is 1. The Labute approximate surface area is 203 Å². The number of hydrogen-bond donors (Lipinski definition) is 0. The molecule has 3 aromatic carbocycles. The highest BCUT2D eigenvalue weighted by molar-refractivity contribution is 5.91. The van der Waals surface area contributed by atoms with Crippen molar-refractivity contribution in [2.24, 2.45) is 0 Å². The molecule has 0 unspecified atom stereocenters. The molecule has 0 radical (unpaired) electrons. The Hall–Kier alpha value is -4.00. The van der Waals surface area contributed by atoms with Crippen molar-refractivity contribution >= 4 is 17.3 Å². The Bertz CT molecular complexity index is 1440. The molecule has 2 aliphatic heterocycles. The number of rotatable bonds is 3. The summed E-state index contributed by atoms with van der Waals surface area (Å²) < 4.78 is 26.8. The van der Waals surface area contributed by atoms with Crippen LogP contribution >= 0.6 is 0 Å². The highest BCUT2D eigenvalue weighted by atomic mass is 19.1. The standard InChI is InChI=1S/C28H26FN3O3/c1-16-13-20(18-9-7-6-8-10-18)24-17(2)25(16)32(15-23(33)34-28(3,4)5)22-12-11-19(14-21(22)29)26-30-27(24)35-31-26/h6-14H,15H2,1-5H3. The molecule has 0 aliphatic carbocycles. The van der Waals surface area contributed by atoms with Crippen LogP contribution in [-0.2, 0) is 9.53 Å². The monoisotopic (exact) mass is 471 g/mol. The van der Waals surface area contributed by atoms with Gasteiger partial charge < -0.3 is 14.2 Å². The predicted octanol–water partition coefficient (Wildman–Crippen LogP) is 6.62. The molecule has 1 aromatic heterocycles. The van der Waals surface area contributed by atoms with E-state index in [9.17, 15) is 4.79 Å². The van der Waals surface area contributed by atoms with Gasteiger partial charge in [0, 0.05) is 11.3 Å². The van der Waals surface area contributed by atoms with Crippen molar-refractivity contribution in [2.75, 3.05) is 11.4 Å². The second-order valence-electron chi connectivity index (χ2n) is 9.72. The van der Waals surface area contributed by atoms with E-state index in [-0.39, 0.29) is 12.2 Å². The molecule has 4 aromatic rings. The summed E-state index contributed by atoms with van der Waals surface area (Å²) in [6, 6.07) is 16.7. The van der Waals surface area contributed by atoms with Crippen LogP contribution in [0.4, 0.5) is 15.8 Å². The van der Waals surface area contributed by atoms with E-state index in [0.29, 0.717) is 23.0 Å². The van der Waals surface area contributed by atoms with Crippen LogP contribution in [0.15, 0.2) is 59.1 Å². The topological polar surface area (TPSA) is 68.5 Å². The van der Waals surface area contributed by atoms with Gasteiger partial charge in [-0.2, -0.15) is 4.98 Å². The van der Waals surface area contributed by atoms with Crippen LogP contribution in [0.25, 0.3) is 34.0 Å². The molecule has 0 amide bonds. The fourth-order valence-corrected chi connectivity index (χ4v) is 4.60.